The molecule has 1 N–H and O–H groups in total. The second-order valence-electron chi connectivity index (χ2n) is 4.76. The van der Waals surface area contributed by atoms with E-state index in [1.54, 1.807) is 0 Å². The Morgan fingerprint density at radius 2 is 2.16 bits per heavy atom. The van der Waals surface area contributed by atoms with Crippen molar-refractivity contribution >= 4 is 15.9 Å². The number of nitrogens with zero attached hydrogens (tertiary/aromatic N) is 2. The highest BCUT2D eigenvalue weighted by Crippen LogP contribution is 2.25. The Bertz CT molecular complexity index is 528. The number of hydrogen-bond donors (Lipinski definition) is 1. The van der Waals surface area contributed by atoms with Crippen LogP contribution in [-0.4, -0.2) is 16.8 Å². The summed E-state index contributed by atoms with van der Waals surface area (Å²) in [5, 5.41) is 7.80. The van der Waals surface area contributed by atoms with Crippen molar-refractivity contribution in [3.8, 4) is 0 Å². The number of rotatable bonds is 5. The summed E-state index contributed by atoms with van der Waals surface area (Å²) < 4.78 is 3.20. The molecule has 0 fully saturated rings. The molecule has 19 heavy (non-hydrogen) atoms. The van der Waals surface area contributed by atoms with E-state index < -0.39 is 0 Å². The highest BCUT2D eigenvalue weighted by molar-refractivity contribution is 9.10. The summed E-state index contributed by atoms with van der Waals surface area (Å²) >= 11 is 3.57. The van der Waals surface area contributed by atoms with Crippen LogP contribution >= 0.6 is 15.9 Å². The first kappa shape index (κ1) is 14.3. The van der Waals surface area contributed by atoms with E-state index in [1.165, 1.54) is 16.8 Å². The Hall–Kier alpha value is -1.13. The van der Waals surface area contributed by atoms with Gasteiger partial charge in [0.2, 0.25) is 0 Å². The highest BCUT2D eigenvalue weighted by atomic mass is 79.9. The summed E-state index contributed by atoms with van der Waals surface area (Å²) in [4.78, 5) is 0. The van der Waals surface area contributed by atoms with E-state index in [1.807, 2.05) is 13.2 Å². The van der Waals surface area contributed by atoms with Gasteiger partial charge in [0.05, 0.1) is 11.7 Å². The van der Waals surface area contributed by atoms with E-state index >= 15 is 0 Å². The normalized spacial score (nSPS) is 12.6. The lowest BCUT2D eigenvalue weighted by Crippen LogP contribution is -2.21. The van der Waals surface area contributed by atoms with E-state index in [4.69, 9.17) is 0 Å². The maximum atomic E-state index is 4.41. The lowest BCUT2D eigenvalue weighted by Gasteiger charge is -2.19. The third-order valence-electron chi connectivity index (χ3n) is 3.17. The van der Waals surface area contributed by atoms with Gasteiger partial charge in [0, 0.05) is 17.2 Å². The molecule has 0 aliphatic rings. The van der Waals surface area contributed by atoms with Crippen molar-refractivity contribution in [1.82, 2.24) is 15.1 Å². The van der Waals surface area contributed by atoms with Crippen LogP contribution in [0.3, 0.4) is 0 Å². The van der Waals surface area contributed by atoms with Crippen LogP contribution in [0.25, 0.3) is 0 Å². The first-order valence-corrected chi connectivity index (χ1v) is 7.41. The van der Waals surface area contributed by atoms with E-state index in [0.29, 0.717) is 0 Å². The van der Waals surface area contributed by atoms with Crippen LogP contribution in [0.15, 0.2) is 34.9 Å². The van der Waals surface area contributed by atoms with Gasteiger partial charge in [-0.2, -0.15) is 5.10 Å². The fraction of sp³-hybridized carbons (Fsp3) is 0.400. The molecule has 0 radical (unpaired) electrons. The molecule has 2 aromatic rings. The third-order valence-corrected chi connectivity index (χ3v) is 3.62. The number of nitrogens with one attached hydrogen (secondary N) is 1. The molecule has 0 aliphatic carbocycles. The van der Waals surface area contributed by atoms with E-state index in [0.717, 1.165) is 17.4 Å². The monoisotopic (exact) mass is 321 g/mol. The van der Waals surface area contributed by atoms with Gasteiger partial charge in [0.15, 0.2) is 0 Å². The number of aromatic nitrogens is 2. The molecule has 1 heterocycles. The van der Waals surface area contributed by atoms with Crippen LogP contribution in [-0.2, 0) is 6.54 Å². The van der Waals surface area contributed by atoms with Crippen LogP contribution in [0.1, 0.15) is 36.2 Å². The number of hydrogen-bond acceptors (Lipinski definition) is 2. The summed E-state index contributed by atoms with van der Waals surface area (Å²) in [7, 11) is 1.99. The molecule has 1 unspecified atom stereocenters. The number of halogens is 1. The first-order valence-electron chi connectivity index (χ1n) is 6.61. The molecule has 0 amide bonds. The fourth-order valence-corrected chi connectivity index (χ4v) is 3.03. The van der Waals surface area contributed by atoms with Gasteiger partial charge in [-0.3, -0.25) is 4.68 Å². The van der Waals surface area contributed by atoms with Crippen molar-refractivity contribution in [1.29, 1.82) is 0 Å². The van der Waals surface area contributed by atoms with Crippen LogP contribution in [0, 0.1) is 6.92 Å². The summed E-state index contributed by atoms with van der Waals surface area (Å²) in [6, 6.07) is 8.77. The molecule has 0 bridgehead atoms. The zero-order chi connectivity index (χ0) is 13.8. The first-order chi connectivity index (χ1) is 9.15. The predicted molar refractivity (Wildman–Crippen MR) is 82.3 cm³/mol. The Balaban J connectivity index is 2.40. The lowest BCUT2D eigenvalue weighted by molar-refractivity contribution is 0.534. The molecule has 102 valence electrons. The highest BCUT2D eigenvalue weighted by Gasteiger charge is 2.17. The Kier molecular flexibility index (Phi) is 4.77. The molecule has 1 atom stereocenters. The maximum absolute atomic E-state index is 4.41. The average Bonchev–Trinajstić information content (AvgIpc) is 2.78. The zero-order valence-corrected chi connectivity index (χ0v) is 13.2. The summed E-state index contributed by atoms with van der Waals surface area (Å²) in [6.07, 6.45) is 2.96. The minimum Gasteiger partial charge on any atom is -0.308 e. The molecule has 1 aromatic heterocycles. The predicted octanol–water partition coefficient (Wildman–Crippen LogP) is 3.67. The van der Waals surface area contributed by atoms with Gasteiger partial charge in [-0.15, -0.1) is 0 Å². The van der Waals surface area contributed by atoms with Crippen molar-refractivity contribution in [3.63, 3.8) is 0 Å². The molecule has 0 saturated heterocycles. The molecule has 0 aliphatic heterocycles. The van der Waals surface area contributed by atoms with Crippen molar-refractivity contribution in [2.24, 2.45) is 0 Å². The van der Waals surface area contributed by atoms with E-state index in [9.17, 15) is 0 Å². The van der Waals surface area contributed by atoms with Crippen molar-refractivity contribution in [2.75, 3.05) is 7.05 Å². The standard InChI is InChI=1S/C15H20BrN3/c1-4-7-19-14(5-6-18-19)15(17-3)12-8-11(2)9-13(16)10-12/h5-6,8-10,15,17H,4,7H2,1-3H3. The average molecular weight is 322 g/mol. The van der Waals surface area contributed by atoms with Gasteiger partial charge in [0.25, 0.3) is 0 Å². The molecule has 2 rings (SSSR count). The fourth-order valence-electron chi connectivity index (χ4n) is 2.40. The van der Waals surface area contributed by atoms with Crippen LogP contribution in [0.2, 0.25) is 0 Å². The van der Waals surface area contributed by atoms with Crippen LogP contribution in [0.5, 0.6) is 0 Å². The van der Waals surface area contributed by atoms with Gasteiger partial charge in [-0.05, 0) is 49.7 Å². The Morgan fingerprint density at radius 3 is 2.79 bits per heavy atom. The van der Waals surface area contributed by atoms with Gasteiger partial charge in [-0.25, -0.2) is 0 Å². The summed E-state index contributed by atoms with van der Waals surface area (Å²) in [5.41, 5.74) is 3.72. The molecular formula is C15H20BrN3. The molecule has 3 nitrogen and oxygen atoms in total. The quantitative estimate of drug-likeness (QED) is 0.910. The van der Waals surface area contributed by atoms with E-state index in [-0.39, 0.29) is 6.04 Å². The van der Waals surface area contributed by atoms with Gasteiger partial charge >= 0.3 is 0 Å². The van der Waals surface area contributed by atoms with Crippen LogP contribution in [0.4, 0.5) is 0 Å². The second-order valence-corrected chi connectivity index (χ2v) is 5.68. The third kappa shape index (κ3) is 3.25. The summed E-state index contributed by atoms with van der Waals surface area (Å²) in [6.45, 7) is 5.24. The molecular weight excluding hydrogens is 302 g/mol. The Morgan fingerprint density at radius 1 is 1.37 bits per heavy atom. The summed E-state index contributed by atoms with van der Waals surface area (Å²) in [5.74, 6) is 0. The molecule has 0 saturated carbocycles. The van der Waals surface area contributed by atoms with E-state index in [2.05, 4.69) is 69.1 Å². The lowest BCUT2D eigenvalue weighted by atomic mass is 10.0. The number of aryl methyl sites for hydroxylation is 2. The van der Waals surface area contributed by atoms with Crippen molar-refractivity contribution in [2.45, 2.75) is 32.9 Å². The van der Waals surface area contributed by atoms with Crippen molar-refractivity contribution in [3.05, 3.63) is 51.8 Å². The minimum absolute atomic E-state index is 0.172. The van der Waals surface area contributed by atoms with Gasteiger partial charge in [0.1, 0.15) is 0 Å². The van der Waals surface area contributed by atoms with Gasteiger partial charge < -0.3 is 5.32 Å². The topological polar surface area (TPSA) is 29.9 Å². The van der Waals surface area contributed by atoms with Crippen molar-refractivity contribution < 1.29 is 0 Å². The SMILES string of the molecule is CCCn1nccc1C(NC)c1cc(C)cc(Br)c1. The van der Waals surface area contributed by atoms with Crippen LogP contribution < -0.4 is 5.32 Å². The maximum Gasteiger partial charge on any atom is 0.0746 e. The smallest absolute Gasteiger partial charge is 0.0746 e. The minimum atomic E-state index is 0.172. The molecule has 4 heteroatoms. The zero-order valence-electron chi connectivity index (χ0n) is 11.7. The Labute approximate surface area is 123 Å². The molecule has 0 spiro atoms. The number of benzene rings is 1. The largest absolute Gasteiger partial charge is 0.308 e. The molecule has 1 aromatic carbocycles. The van der Waals surface area contributed by atoms with Gasteiger partial charge in [-0.1, -0.05) is 28.9 Å². The second kappa shape index (κ2) is 6.35.